The van der Waals surface area contributed by atoms with E-state index in [9.17, 15) is 0 Å². The van der Waals surface area contributed by atoms with Gasteiger partial charge in [-0.15, -0.1) is 53.7 Å². The summed E-state index contributed by atoms with van der Waals surface area (Å²) in [7, 11) is -0.493. The molecule has 0 atom stereocenters. The van der Waals surface area contributed by atoms with Crippen molar-refractivity contribution in [1.82, 2.24) is 0 Å². The van der Waals surface area contributed by atoms with Crippen molar-refractivity contribution in [2.75, 3.05) is 0 Å². The molecular formula is C31H31F2HfP. The first kappa shape index (κ1) is 30.9. The first-order valence-electron chi connectivity index (χ1n) is 11.6. The number of hydrogen-bond acceptors (Lipinski definition) is 0. The van der Waals surface area contributed by atoms with Crippen LogP contribution in [0.3, 0.4) is 0 Å². The molecule has 1 aliphatic carbocycles. The quantitative estimate of drug-likeness (QED) is 0.169. The van der Waals surface area contributed by atoms with Crippen molar-refractivity contribution < 1.29 is 35.3 Å². The molecule has 4 aromatic carbocycles. The van der Waals surface area contributed by atoms with Gasteiger partial charge in [0.05, 0.1) is 0 Å². The molecule has 0 spiro atoms. The van der Waals surface area contributed by atoms with Crippen LogP contribution in [0.2, 0.25) is 0 Å². The third kappa shape index (κ3) is 8.23. The molecule has 0 heterocycles. The standard InChI is InChI=1S/C21H16P.C10H15.2FH.Hf/c1-3-11-19(12-4-1)22(20-13-5-2-6-14-20)21-15-17-9-7-8-10-18(17)16-21;1-3-4-7-10-8-5-6-9(10)2;;;/h1-16H;6H,3-5,7H2,1-2H3;2*1H;/q2*-1;;;+4/p-2. The van der Waals surface area contributed by atoms with Gasteiger partial charge < -0.3 is 9.41 Å². The molecule has 0 bridgehead atoms. The second-order valence-corrected chi connectivity index (χ2v) is 10.4. The summed E-state index contributed by atoms with van der Waals surface area (Å²) in [4.78, 5) is 0. The average Bonchev–Trinajstić information content (AvgIpc) is 3.45. The van der Waals surface area contributed by atoms with Gasteiger partial charge in [0.25, 0.3) is 0 Å². The molecule has 0 aromatic heterocycles. The van der Waals surface area contributed by atoms with Crippen molar-refractivity contribution in [3.63, 3.8) is 0 Å². The zero-order chi connectivity index (χ0) is 22.2. The minimum atomic E-state index is -0.493. The average molecular weight is 651 g/mol. The maximum Gasteiger partial charge on any atom is 4.00 e. The Balaban J connectivity index is 0.000000407. The van der Waals surface area contributed by atoms with Gasteiger partial charge in [-0.05, 0) is 18.5 Å². The summed E-state index contributed by atoms with van der Waals surface area (Å²) in [6.07, 6.45) is 10.5. The maximum atomic E-state index is 3.37. The van der Waals surface area contributed by atoms with Gasteiger partial charge in [-0.1, -0.05) is 92.9 Å². The number of allylic oxidation sites excluding steroid dienone is 4. The van der Waals surface area contributed by atoms with Crippen molar-refractivity contribution in [1.29, 1.82) is 0 Å². The molecule has 4 aromatic rings. The molecule has 35 heavy (non-hydrogen) atoms. The Morgan fingerprint density at radius 1 is 0.829 bits per heavy atom. The number of halogens is 2. The third-order valence-electron chi connectivity index (χ3n) is 5.87. The molecule has 0 aliphatic heterocycles. The largest absolute Gasteiger partial charge is 4.00 e. The molecule has 0 saturated carbocycles. The predicted octanol–water partition coefficient (Wildman–Crippen LogP) is 1.58. The molecule has 0 unspecified atom stereocenters. The minimum Gasteiger partial charge on any atom is -1.00 e. The summed E-state index contributed by atoms with van der Waals surface area (Å²) in [6, 6.07) is 35.0. The summed E-state index contributed by atoms with van der Waals surface area (Å²) in [5.41, 5.74) is 2.91. The molecule has 5 rings (SSSR count). The van der Waals surface area contributed by atoms with Gasteiger partial charge in [0.15, 0.2) is 0 Å². The fraction of sp³-hybridized carbons (Fsp3) is 0.194. The zero-order valence-corrected chi connectivity index (χ0v) is 24.8. The number of unbranched alkanes of at least 4 members (excludes halogenated alkanes) is 1. The summed E-state index contributed by atoms with van der Waals surface area (Å²) in [6.45, 7) is 4.42. The Morgan fingerprint density at radius 2 is 1.40 bits per heavy atom. The van der Waals surface area contributed by atoms with Crippen LogP contribution in [-0.2, 0) is 25.8 Å². The van der Waals surface area contributed by atoms with E-state index in [4.69, 9.17) is 0 Å². The van der Waals surface area contributed by atoms with Crippen molar-refractivity contribution in [3.8, 4) is 0 Å². The van der Waals surface area contributed by atoms with Crippen LogP contribution in [0.25, 0.3) is 10.8 Å². The molecule has 4 heteroatoms. The Hall–Kier alpha value is -2.09. The molecule has 1 aliphatic rings. The number of rotatable bonds is 6. The molecule has 0 nitrogen and oxygen atoms in total. The normalized spacial score (nSPS) is 11.9. The first-order valence-corrected chi connectivity index (χ1v) is 12.9. The molecule has 178 valence electrons. The van der Waals surface area contributed by atoms with E-state index in [2.05, 4.69) is 123 Å². The van der Waals surface area contributed by atoms with Crippen LogP contribution in [0, 0.1) is 6.08 Å². The van der Waals surface area contributed by atoms with E-state index in [1.54, 1.807) is 0 Å². The summed E-state index contributed by atoms with van der Waals surface area (Å²) in [5.74, 6) is 0. The van der Waals surface area contributed by atoms with Crippen LogP contribution in [0.15, 0.2) is 114 Å². The predicted molar refractivity (Wildman–Crippen MR) is 143 cm³/mol. The topological polar surface area (TPSA) is 0 Å². The zero-order valence-electron chi connectivity index (χ0n) is 20.3. The van der Waals surface area contributed by atoms with Gasteiger partial charge in [0.1, 0.15) is 0 Å². The van der Waals surface area contributed by atoms with Gasteiger partial charge in [-0.3, -0.25) is 6.08 Å². The number of fused-ring (bicyclic) bond motifs is 1. The van der Waals surface area contributed by atoms with Gasteiger partial charge in [0.2, 0.25) is 0 Å². The van der Waals surface area contributed by atoms with Crippen molar-refractivity contribution >= 4 is 34.6 Å². The first-order chi connectivity index (χ1) is 15.8. The van der Waals surface area contributed by atoms with E-state index in [1.165, 1.54) is 57.1 Å². The van der Waals surface area contributed by atoms with Crippen LogP contribution >= 0.6 is 7.92 Å². The Kier molecular flexibility index (Phi) is 14.0. The van der Waals surface area contributed by atoms with E-state index in [0.29, 0.717) is 0 Å². The molecule has 0 fully saturated rings. The molecular weight excluding hydrogens is 620 g/mol. The minimum absolute atomic E-state index is 0. The fourth-order valence-corrected chi connectivity index (χ4v) is 6.46. The summed E-state index contributed by atoms with van der Waals surface area (Å²) >= 11 is 0. The van der Waals surface area contributed by atoms with Crippen LogP contribution in [0.5, 0.6) is 0 Å². The third-order valence-corrected chi connectivity index (χ3v) is 8.27. The second-order valence-electron chi connectivity index (χ2n) is 8.20. The van der Waals surface area contributed by atoms with Crippen LogP contribution in [-0.4, -0.2) is 0 Å². The Morgan fingerprint density at radius 3 is 1.91 bits per heavy atom. The van der Waals surface area contributed by atoms with Crippen LogP contribution in [0.4, 0.5) is 0 Å². The van der Waals surface area contributed by atoms with Gasteiger partial charge >= 0.3 is 25.8 Å². The van der Waals surface area contributed by atoms with Crippen LogP contribution in [0.1, 0.15) is 39.5 Å². The van der Waals surface area contributed by atoms with E-state index in [1.807, 2.05) is 0 Å². The summed E-state index contributed by atoms with van der Waals surface area (Å²) < 4.78 is 0. The van der Waals surface area contributed by atoms with E-state index < -0.39 is 7.92 Å². The van der Waals surface area contributed by atoms with Gasteiger partial charge in [-0.25, -0.2) is 11.1 Å². The maximum absolute atomic E-state index is 3.37. The number of hydrogen-bond donors (Lipinski definition) is 0. The van der Waals surface area contributed by atoms with Crippen molar-refractivity contribution in [2.45, 2.75) is 39.5 Å². The van der Waals surface area contributed by atoms with E-state index in [0.717, 1.165) is 6.42 Å². The van der Waals surface area contributed by atoms with Gasteiger partial charge in [0, 0.05) is 0 Å². The van der Waals surface area contributed by atoms with E-state index in [-0.39, 0.29) is 35.3 Å². The Labute approximate surface area is 228 Å². The summed E-state index contributed by atoms with van der Waals surface area (Å²) in [5, 5.41) is 6.89. The fourth-order valence-electron chi connectivity index (χ4n) is 4.09. The van der Waals surface area contributed by atoms with Crippen molar-refractivity contribution in [2.24, 2.45) is 0 Å². The van der Waals surface area contributed by atoms with Crippen LogP contribution < -0.4 is 25.3 Å². The van der Waals surface area contributed by atoms with Crippen molar-refractivity contribution in [3.05, 3.63) is 120 Å². The number of benzene rings is 3. The van der Waals surface area contributed by atoms with Gasteiger partial charge in [-0.2, -0.15) is 12.1 Å². The van der Waals surface area contributed by atoms with E-state index >= 15 is 0 Å². The second kappa shape index (κ2) is 15.8. The SMILES string of the molecule is CCCCC1=[C-]CC=C1C.[F-].[F-].[Hf+4].c1ccc(P(c2ccccc2)c2cc3ccccc3[cH-]2)cc1. The molecule has 0 amide bonds. The smallest absolute Gasteiger partial charge is 1.00 e. The molecule has 0 radical (unpaired) electrons. The molecule has 0 N–H and O–H groups in total. The molecule has 0 saturated heterocycles. The monoisotopic (exact) mass is 652 g/mol. The Bertz CT molecular complexity index is 1120.